The van der Waals surface area contributed by atoms with Crippen LogP contribution in [0.15, 0.2) is 11.6 Å². The highest BCUT2D eigenvalue weighted by Crippen LogP contribution is 2.47. The van der Waals surface area contributed by atoms with Crippen LogP contribution in [0.2, 0.25) is 0 Å². The van der Waals surface area contributed by atoms with Crippen molar-refractivity contribution in [2.75, 3.05) is 14.2 Å². The first-order chi connectivity index (χ1) is 15.5. The minimum atomic E-state index is -0.993. The van der Waals surface area contributed by atoms with E-state index in [0.29, 0.717) is 6.42 Å². The van der Waals surface area contributed by atoms with Crippen LogP contribution in [0.4, 0.5) is 0 Å². The first-order valence-corrected chi connectivity index (χ1v) is 12.4. The van der Waals surface area contributed by atoms with Gasteiger partial charge in [0.1, 0.15) is 11.4 Å². The van der Waals surface area contributed by atoms with E-state index in [-0.39, 0.29) is 36.1 Å². The fourth-order valence-corrected chi connectivity index (χ4v) is 5.66. The number of carbonyl (C=O) groups is 2. The van der Waals surface area contributed by atoms with Gasteiger partial charge in [0, 0.05) is 24.9 Å². The average molecular weight is 485 g/mol. The second-order valence-corrected chi connectivity index (χ2v) is 11.3. The first-order valence-electron chi connectivity index (χ1n) is 12.4. The second-order valence-electron chi connectivity index (χ2n) is 11.3. The lowest BCUT2D eigenvalue weighted by Crippen LogP contribution is -2.48. The van der Waals surface area contributed by atoms with Gasteiger partial charge < -0.3 is 24.4 Å². The monoisotopic (exact) mass is 484 g/mol. The van der Waals surface area contributed by atoms with Crippen LogP contribution >= 0.6 is 0 Å². The molecule has 0 spiro atoms. The molecule has 0 aliphatic carbocycles. The zero-order valence-corrected chi connectivity index (χ0v) is 23.0. The van der Waals surface area contributed by atoms with Gasteiger partial charge in [-0.3, -0.25) is 9.59 Å². The van der Waals surface area contributed by atoms with Crippen molar-refractivity contribution < 1.29 is 34.0 Å². The van der Waals surface area contributed by atoms with E-state index >= 15 is 0 Å². The van der Waals surface area contributed by atoms with Crippen LogP contribution in [0, 0.1) is 29.1 Å². The lowest BCUT2D eigenvalue weighted by molar-refractivity contribution is -0.149. The molecule has 7 heteroatoms. The van der Waals surface area contributed by atoms with Crippen molar-refractivity contribution in [3.8, 4) is 0 Å². The smallest absolute Gasteiger partial charge is 0.308 e. The van der Waals surface area contributed by atoms with Gasteiger partial charge in [0.05, 0.1) is 43.4 Å². The van der Waals surface area contributed by atoms with Crippen molar-refractivity contribution in [2.24, 2.45) is 29.1 Å². The molecule has 9 atom stereocenters. The van der Waals surface area contributed by atoms with Gasteiger partial charge in [0.2, 0.25) is 0 Å². The molecule has 1 heterocycles. The Bertz CT molecular complexity index is 726. The van der Waals surface area contributed by atoms with Crippen molar-refractivity contribution in [3.63, 3.8) is 0 Å². The first kappa shape index (κ1) is 30.8. The summed E-state index contributed by atoms with van der Waals surface area (Å²) in [7, 11) is 2.78. The van der Waals surface area contributed by atoms with Crippen molar-refractivity contribution in [1.29, 1.82) is 0 Å². The Morgan fingerprint density at radius 2 is 1.68 bits per heavy atom. The number of carbonyl (C=O) groups excluding carboxylic acids is 2. The van der Waals surface area contributed by atoms with Gasteiger partial charge in [0.25, 0.3) is 0 Å². The predicted molar refractivity (Wildman–Crippen MR) is 132 cm³/mol. The summed E-state index contributed by atoms with van der Waals surface area (Å²) in [5, 5.41) is 21.6. The Labute approximate surface area is 206 Å². The van der Waals surface area contributed by atoms with Crippen molar-refractivity contribution in [3.05, 3.63) is 11.6 Å². The maximum atomic E-state index is 13.5. The molecule has 0 saturated carbocycles. The number of aliphatic hydroxyl groups is 2. The molecule has 0 aromatic rings. The SMILES string of the molecule is COC(=O)C[C@H](O)[C@@H](C)[C@H](OC)C(C)(C)C(=O)[C@H](C)C[C@H](C)[C@H](O)[C@@]1(C)O[C@H]1[C@@H](C)C=C(C)C. The highest BCUT2D eigenvalue weighted by Gasteiger charge is 2.60. The Hall–Kier alpha value is -1.28. The largest absolute Gasteiger partial charge is 0.469 e. The summed E-state index contributed by atoms with van der Waals surface area (Å²) in [5.41, 5.74) is -0.312. The number of epoxide rings is 1. The third kappa shape index (κ3) is 7.12. The Kier molecular flexibility index (Phi) is 11.0. The van der Waals surface area contributed by atoms with Crippen LogP contribution in [-0.4, -0.2) is 66.2 Å². The van der Waals surface area contributed by atoms with Crippen molar-refractivity contribution in [1.82, 2.24) is 0 Å². The Balaban J connectivity index is 2.86. The number of esters is 1. The van der Waals surface area contributed by atoms with Gasteiger partial charge in [-0.05, 0) is 33.1 Å². The molecule has 1 aliphatic rings. The number of Topliss-reactive ketones (excluding diaryl/α,β-unsaturated/α-hetero) is 1. The van der Waals surface area contributed by atoms with E-state index in [1.807, 2.05) is 48.5 Å². The molecule has 1 rings (SSSR count). The van der Waals surface area contributed by atoms with Gasteiger partial charge in [-0.2, -0.15) is 0 Å². The van der Waals surface area contributed by atoms with Gasteiger partial charge in [-0.25, -0.2) is 0 Å². The molecule has 0 radical (unpaired) electrons. The van der Waals surface area contributed by atoms with E-state index in [1.54, 1.807) is 6.92 Å². The molecule has 1 saturated heterocycles. The van der Waals surface area contributed by atoms with Gasteiger partial charge in [-0.1, -0.05) is 53.2 Å². The second kappa shape index (κ2) is 12.1. The van der Waals surface area contributed by atoms with Crippen LogP contribution in [0.5, 0.6) is 0 Å². The van der Waals surface area contributed by atoms with Crippen LogP contribution in [0.3, 0.4) is 0 Å². The molecule has 0 aromatic heterocycles. The normalized spacial score (nSPS) is 26.4. The fraction of sp³-hybridized carbons (Fsp3) is 0.852. The fourth-order valence-electron chi connectivity index (χ4n) is 5.66. The molecular weight excluding hydrogens is 436 g/mol. The zero-order valence-electron chi connectivity index (χ0n) is 23.0. The van der Waals surface area contributed by atoms with Crippen LogP contribution in [0.1, 0.15) is 75.2 Å². The number of methoxy groups -OCH3 is 2. The van der Waals surface area contributed by atoms with E-state index in [1.165, 1.54) is 19.8 Å². The maximum absolute atomic E-state index is 13.5. The van der Waals surface area contributed by atoms with Crippen LogP contribution < -0.4 is 0 Å². The molecule has 0 bridgehead atoms. The number of ketones is 1. The molecule has 0 amide bonds. The average Bonchev–Trinajstić information content (AvgIpc) is 3.44. The number of rotatable bonds is 14. The molecule has 0 unspecified atom stereocenters. The summed E-state index contributed by atoms with van der Waals surface area (Å²) in [5.74, 6) is -1.26. The van der Waals surface area contributed by atoms with E-state index in [2.05, 4.69) is 17.7 Å². The molecule has 1 fully saturated rings. The molecule has 1 aliphatic heterocycles. The number of hydrogen-bond acceptors (Lipinski definition) is 7. The minimum Gasteiger partial charge on any atom is -0.469 e. The summed E-state index contributed by atoms with van der Waals surface area (Å²) in [6.07, 6.45) is 0.170. The summed E-state index contributed by atoms with van der Waals surface area (Å²) < 4.78 is 16.3. The third-order valence-electron chi connectivity index (χ3n) is 7.55. The van der Waals surface area contributed by atoms with Crippen LogP contribution in [0.25, 0.3) is 0 Å². The Morgan fingerprint density at radius 1 is 1.12 bits per heavy atom. The molecule has 34 heavy (non-hydrogen) atoms. The molecule has 7 nitrogen and oxygen atoms in total. The van der Waals surface area contributed by atoms with E-state index in [9.17, 15) is 19.8 Å². The zero-order chi connectivity index (χ0) is 26.6. The lowest BCUT2D eigenvalue weighted by atomic mass is 9.70. The summed E-state index contributed by atoms with van der Waals surface area (Å²) >= 11 is 0. The highest BCUT2D eigenvalue weighted by atomic mass is 16.6. The standard InChI is InChI=1S/C27H48O7/c1-15(2)12-18(5)24-27(9,34-24)23(31)17(4)13-16(3)22(30)26(7,8)25(33-11)19(6)20(28)14-21(29)32-10/h12,16-20,23-25,28,31H,13-14H2,1-11H3/t16-,17+,18+,19-,20+,23+,24+,25+,27-/m1/s1. The minimum absolute atomic E-state index is 0.00755. The van der Waals surface area contributed by atoms with Crippen molar-refractivity contribution in [2.45, 2.75) is 105 Å². The van der Waals surface area contributed by atoms with E-state index in [4.69, 9.17) is 9.47 Å². The number of ether oxygens (including phenoxy) is 3. The van der Waals surface area contributed by atoms with Gasteiger partial charge in [-0.15, -0.1) is 0 Å². The summed E-state index contributed by atoms with van der Waals surface area (Å²) in [4.78, 5) is 25.1. The van der Waals surface area contributed by atoms with Gasteiger partial charge in [0.15, 0.2) is 0 Å². The van der Waals surface area contributed by atoms with E-state index < -0.39 is 41.2 Å². The predicted octanol–water partition coefficient (Wildman–Crippen LogP) is 3.94. The molecular formula is C27H48O7. The summed E-state index contributed by atoms with van der Waals surface area (Å²) in [6.45, 7) is 17.3. The summed E-state index contributed by atoms with van der Waals surface area (Å²) in [6, 6.07) is 0. The van der Waals surface area contributed by atoms with Crippen molar-refractivity contribution >= 4 is 11.8 Å². The van der Waals surface area contributed by atoms with Gasteiger partial charge >= 0.3 is 5.97 Å². The van der Waals surface area contributed by atoms with Crippen LogP contribution in [-0.2, 0) is 23.8 Å². The topological polar surface area (TPSA) is 106 Å². The molecule has 2 N–H and O–H groups in total. The molecule has 0 aromatic carbocycles. The number of aliphatic hydroxyl groups excluding tert-OH is 2. The number of hydrogen-bond donors (Lipinski definition) is 2. The lowest BCUT2D eigenvalue weighted by Gasteiger charge is -2.39. The number of allylic oxidation sites excluding steroid dienone is 1. The maximum Gasteiger partial charge on any atom is 0.308 e. The third-order valence-corrected chi connectivity index (χ3v) is 7.55. The highest BCUT2D eigenvalue weighted by molar-refractivity contribution is 5.86. The molecule has 198 valence electrons. The van der Waals surface area contributed by atoms with E-state index in [0.717, 1.165) is 0 Å². The quantitative estimate of drug-likeness (QED) is 0.218. The Morgan fingerprint density at radius 3 is 2.15 bits per heavy atom.